The average Bonchev–Trinajstić information content (AvgIpc) is 2.37. The molecule has 1 atom stereocenters. The summed E-state index contributed by atoms with van der Waals surface area (Å²) < 4.78 is 0. The number of carbonyl (C=O) groups excluding carboxylic acids is 1. The molecule has 0 aliphatic carbocycles. The van der Waals surface area contributed by atoms with Crippen LogP contribution in [0.5, 0.6) is 0 Å². The van der Waals surface area contributed by atoms with E-state index in [1.54, 1.807) is 6.07 Å². The highest BCUT2D eigenvalue weighted by atomic mass is 16.6. The molecule has 7 nitrogen and oxygen atoms in total. The van der Waals surface area contributed by atoms with Gasteiger partial charge in [-0.25, -0.2) is 0 Å². The maximum atomic E-state index is 12.0. The van der Waals surface area contributed by atoms with Gasteiger partial charge in [0.15, 0.2) is 0 Å². The van der Waals surface area contributed by atoms with Crippen LogP contribution >= 0.6 is 0 Å². The van der Waals surface area contributed by atoms with Crippen molar-refractivity contribution in [2.24, 2.45) is 5.84 Å². The van der Waals surface area contributed by atoms with E-state index in [0.717, 1.165) is 12.8 Å². The highest BCUT2D eigenvalue weighted by Crippen LogP contribution is 2.27. The third kappa shape index (κ3) is 3.65. The summed E-state index contributed by atoms with van der Waals surface area (Å²) in [5.41, 5.74) is 2.03. The number of hydrogen-bond acceptors (Lipinski definition) is 5. The number of nitro benzene ring substituents is 1. The summed E-state index contributed by atoms with van der Waals surface area (Å²) in [4.78, 5) is 22.5. The van der Waals surface area contributed by atoms with Crippen LogP contribution in [0, 0.1) is 10.1 Å². The van der Waals surface area contributed by atoms with Crippen LogP contribution in [-0.2, 0) is 0 Å². The van der Waals surface area contributed by atoms with Gasteiger partial charge in [-0.2, -0.15) is 0 Å². The lowest BCUT2D eigenvalue weighted by Gasteiger charge is -2.13. The molecule has 0 saturated heterocycles. The number of para-hydroxylation sites is 1. The molecule has 0 aromatic heterocycles. The van der Waals surface area contributed by atoms with E-state index in [2.05, 4.69) is 10.7 Å². The van der Waals surface area contributed by atoms with Crippen molar-refractivity contribution in [3.63, 3.8) is 0 Å². The standard InChI is InChI=1S/C12H18N4O3/c1-3-5-8(2)14-12(17)9-6-4-7-10(15-13)11(9)16(18)19/h4,6-8,15H,3,5,13H2,1-2H3,(H,14,17). The number of amides is 1. The summed E-state index contributed by atoms with van der Waals surface area (Å²) in [6.45, 7) is 3.86. The number of nitrogens with two attached hydrogens (primary N) is 1. The van der Waals surface area contributed by atoms with E-state index in [-0.39, 0.29) is 23.0 Å². The van der Waals surface area contributed by atoms with Crippen molar-refractivity contribution in [3.8, 4) is 0 Å². The largest absolute Gasteiger partial charge is 0.349 e. The van der Waals surface area contributed by atoms with E-state index in [1.165, 1.54) is 12.1 Å². The van der Waals surface area contributed by atoms with E-state index < -0.39 is 10.8 Å². The Morgan fingerprint density at radius 2 is 2.21 bits per heavy atom. The molecule has 0 aliphatic rings. The van der Waals surface area contributed by atoms with Gasteiger partial charge in [0, 0.05) is 6.04 Å². The Balaban J connectivity index is 3.06. The van der Waals surface area contributed by atoms with Gasteiger partial charge in [0.05, 0.1) is 4.92 Å². The lowest BCUT2D eigenvalue weighted by atomic mass is 10.1. The summed E-state index contributed by atoms with van der Waals surface area (Å²) in [6, 6.07) is 4.37. The molecule has 1 amide bonds. The van der Waals surface area contributed by atoms with Gasteiger partial charge in [-0.3, -0.25) is 20.8 Å². The van der Waals surface area contributed by atoms with Gasteiger partial charge >= 0.3 is 5.69 Å². The zero-order valence-corrected chi connectivity index (χ0v) is 11.0. The van der Waals surface area contributed by atoms with Gasteiger partial charge in [0.1, 0.15) is 11.3 Å². The minimum atomic E-state index is -0.616. The van der Waals surface area contributed by atoms with Gasteiger partial charge in [-0.05, 0) is 25.5 Å². The first-order valence-corrected chi connectivity index (χ1v) is 6.06. The lowest BCUT2D eigenvalue weighted by Crippen LogP contribution is -2.33. The number of hydrazine groups is 1. The van der Waals surface area contributed by atoms with E-state index >= 15 is 0 Å². The first kappa shape index (κ1) is 14.9. The number of nitrogens with one attached hydrogen (secondary N) is 2. The summed E-state index contributed by atoms with van der Waals surface area (Å²) in [5.74, 6) is 4.75. The summed E-state index contributed by atoms with van der Waals surface area (Å²) >= 11 is 0. The summed E-state index contributed by atoms with van der Waals surface area (Å²) in [5, 5.41) is 13.8. The fraction of sp³-hybridized carbons (Fsp3) is 0.417. The molecule has 104 valence electrons. The maximum Gasteiger partial charge on any atom is 0.306 e. The normalized spacial score (nSPS) is 11.7. The lowest BCUT2D eigenvalue weighted by molar-refractivity contribution is -0.384. The molecule has 7 heteroatoms. The van der Waals surface area contributed by atoms with Gasteiger partial charge in [0.2, 0.25) is 0 Å². The third-order valence-corrected chi connectivity index (χ3v) is 2.72. The predicted octanol–water partition coefficient (Wildman–Crippen LogP) is 1.80. The molecule has 1 unspecified atom stereocenters. The van der Waals surface area contributed by atoms with Crippen molar-refractivity contribution in [1.82, 2.24) is 5.32 Å². The van der Waals surface area contributed by atoms with Crippen LogP contribution in [0.15, 0.2) is 18.2 Å². The SMILES string of the molecule is CCCC(C)NC(=O)c1cccc(NN)c1[N+](=O)[O-]. The van der Waals surface area contributed by atoms with E-state index in [4.69, 9.17) is 5.84 Å². The predicted molar refractivity (Wildman–Crippen MR) is 72.7 cm³/mol. The molecule has 1 aromatic rings. The van der Waals surface area contributed by atoms with Crippen molar-refractivity contribution < 1.29 is 9.72 Å². The topological polar surface area (TPSA) is 110 Å². The van der Waals surface area contributed by atoms with E-state index in [1.807, 2.05) is 13.8 Å². The van der Waals surface area contributed by atoms with Crippen LogP contribution < -0.4 is 16.6 Å². The number of nitro groups is 1. The second kappa shape index (κ2) is 6.69. The number of benzene rings is 1. The molecule has 19 heavy (non-hydrogen) atoms. The van der Waals surface area contributed by atoms with Crippen molar-refractivity contribution in [2.75, 3.05) is 5.43 Å². The number of rotatable bonds is 6. The molecule has 0 spiro atoms. The van der Waals surface area contributed by atoms with Gasteiger partial charge < -0.3 is 10.7 Å². The quantitative estimate of drug-likeness (QED) is 0.413. The highest BCUT2D eigenvalue weighted by molar-refractivity contribution is 6.00. The molecule has 1 aromatic carbocycles. The zero-order chi connectivity index (χ0) is 14.4. The molecule has 0 aliphatic heterocycles. The van der Waals surface area contributed by atoms with E-state index in [9.17, 15) is 14.9 Å². The third-order valence-electron chi connectivity index (χ3n) is 2.72. The van der Waals surface area contributed by atoms with Crippen LogP contribution in [0.3, 0.4) is 0 Å². The van der Waals surface area contributed by atoms with Crippen LogP contribution in [-0.4, -0.2) is 16.9 Å². The van der Waals surface area contributed by atoms with Crippen molar-refractivity contribution in [1.29, 1.82) is 0 Å². The minimum Gasteiger partial charge on any atom is -0.349 e. The first-order valence-electron chi connectivity index (χ1n) is 6.06. The smallest absolute Gasteiger partial charge is 0.306 e. The van der Waals surface area contributed by atoms with Gasteiger partial charge in [0.25, 0.3) is 5.91 Å². The molecule has 0 saturated carbocycles. The number of anilines is 1. The molecule has 0 fully saturated rings. The van der Waals surface area contributed by atoms with Crippen LogP contribution in [0.4, 0.5) is 11.4 Å². The molecule has 0 bridgehead atoms. The van der Waals surface area contributed by atoms with Crippen molar-refractivity contribution in [3.05, 3.63) is 33.9 Å². The average molecular weight is 266 g/mol. The Kier molecular flexibility index (Phi) is 5.25. The molecule has 4 N–H and O–H groups in total. The Bertz CT molecular complexity index is 476. The minimum absolute atomic E-state index is 0.00315. The van der Waals surface area contributed by atoms with Crippen LogP contribution in [0.2, 0.25) is 0 Å². The molecule has 1 rings (SSSR count). The summed E-state index contributed by atoms with van der Waals surface area (Å²) in [7, 11) is 0. The highest BCUT2D eigenvalue weighted by Gasteiger charge is 2.24. The Hall–Kier alpha value is -2.15. The fourth-order valence-electron chi connectivity index (χ4n) is 1.85. The monoisotopic (exact) mass is 266 g/mol. The van der Waals surface area contributed by atoms with Crippen molar-refractivity contribution >= 4 is 17.3 Å². The Morgan fingerprint density at radius 3 is 2.74 bits per heavy atom. The first-order chi connectivity index (χ1) is 9.01. The van der Waals surface area contributed by atoms with E-state index in [0.29, 0.717) is 0 Å². The van der Waals surface area contributed by atoms with Crippen LogP contribution in [0.1, 0.15) is 37.0 Å². The maximum absolute atomic E-state index is 12.0. The van der Waals surface area contributed by atoms with Gasteiger partial charge in [-0.1, -0.05) is 19.4 Å². The molecule has 0 radical (unpaired) electrons. The summed E-state index contributed by atoms with van der Waals surface area (Å²) in [6.07, 6.45) is 1.74. The van der Waals surface area contributed by atoms with Gasteiger partial charge in [-0.15, -0.1) is 0 Å². The fourth-order valence-corrected chi connectivity index (χ4v) is 1.85. The Morgan fingerprint density at radius 1 is 1.53 bits per heavy atom. The number of nitrogens with zero attached hydrogens (tertiary/aromatic N) is 1. The molecular weight excluding hydrogens is 248 g/mol. The Labute approximate surface area is 111 Å². The second-order valence-corrected chi connectivity index (χ2v) is 4.27. The number of hydrogen-bond donors (Lipinski definition) is 3. The second-order valence-electron chi connectivity index (χ2n) is 4.27. The van der Waals surface area contributed by atoms with Crippen LogP contribution in [0.25, 0.3) is 0 Å². The number of carbonyl (C=O) groups is 1. The van der Waals surface area contributed by atoms with Crippen molar-refractivity contribution in [2.45, 2.75) is 32.7 Å². The number of nitrogen functional groups attached to an aromatic ring is 1. The molecular formula is C12H18N4O3. The zero-order valence-electron chi connectivity index (χ0n) is 11.0. The molecule has 0 heterocycles.